The van der Waals surface area contributed by atoms with Crippen LogP contribution in [0.5, 0.6) is 0 Å². The van der Waals surface area contributed by atoms with Gasteiger partial charge in [0.25, 0.3) is 0 Å². The van der Waals surface area contributed by atoms with Crippen molar-refractivity contribution in [1.29, 1.82) is 0 Å². The SMILES string of the molecule is CC(C)c1cc(-c2cccc(/C=C(/c3ccc(Cl)cc3)c3ccc(S(C)(=O)=O)cc3)c2)c2ncccc2c1. The maximum Gasteiger partial charge on any atom is 0.175 e. The van der Waals surface area contributed by atoms with Gasteiger partial charge in [-0.25, -0.2) is 8.42 Å². The fourth-order valence-electron chi connectivity index (χ4n) is 4.58. The molecule has 0 unspecified atom stereocenters. The molecule has 0 amide bonds. The molecule has 1 aromatic heterocycles. The van der Waals surface area contributed by atoms with Gasteiger partial charge in [0.15, 0.2) is 9.84 Å². The quantitative estimate of drug-likeness (QED) is 0.203. The van der Waals surface area contributed by atoms with E-state index < -0.39 is 9.84 Å². The van der Waals surface area contributed by atoms with Crippen molar-refractivity contribution in [2.24, 2.45) is 0 Å². The molecule has 0 spiro atoms. The van der Waals surface area contributed by atoms with E-state index in [0.29, 0.717) is 15.8 Å². The minimum absolute atomic E-state index is 0.295. The number of aromatic nitrogens is 1. The summed E-state index contributed by atoms with van der Waals surface area (Å²) in [7, 11) is -3.28. The Morgan fingerprint density at radius 1 is 0.842 bits per heavy atom. The molecule has 0 aliphatic carbocycles. The molecule has 0 radical (unpaired) electrons. The molecule has 0 atom stereocenters. The van der Waals surface area contributed by atoms with Gasteiger partial charge in [-0.1, -0.05) is 74.0 Å². The zero-order valence-electron chi connectivity index (χ0n) is 21.5. The highest BCUT2D eigenvalue weighted by molar-refractivity contribution is 7.90. The van der Waals surface area contributed by atoms with Crippen LogP contribution >= 0.6 is 11.6 Å². The van der Waals surface area contributed by atoms with Gasteiger partial charge >= 0.3 is 0 Å². The molecule has 3 nitrogen and oxygen atoms in total. The average Bonchev–Trinajstić information content (AvgIpc) is 2.91. The Hall–Kier alpha value is -3.73. The third-order valence-electron chi connectivity index (χ3n) is 6.65. The van der Waals surface area contributed by atoms with Crippen LogP contribution in [-0.4, -0.2) is 19.7 Å². The van der Waals surface area contributed by atoms with E-state index in [1.807, 2.05) is 48.7 Å². The van der Waals surface area contributed by atoms with Crippen molar-refractivity contribution in [2.45, 2.75) is 24.7 Å². The minimum Gasteiger partial charge on any atom is -0.256 e. The summed E-state index contributed by atoms with van der Waals surface area (Å²) in [6, 6.07) is 31.7. The lowest BCUT2D eigenvalue weighted by atomic mass is 9.92. The number of pyridine rings is 1. The molecule has 0 saturated heterocycles. The maximum absolute atomic E-state index is 12.0. The highest BCUT2D eigenvalue weighted by atomic mass is 35.5. The largest absolute Gasteiger partial charge is 0.256 e. The first-order valence-electron chi connectivity index (χ1n) is 12.5. The number of nitrogens with zero attached hydrogens (tertiary/aromatic N) is 1. The molecular formula is C33H28ClNO2S. The summed E-state index contributed by atoms with van der Waals surface area (Å²) in [5.74, 6) is 0.396. The summed E-state index contributed by atoms with van der Waals surface area (Å²) in [6.07, 6.45) is 5.18. The Kier molecular flexibility index (Phi) is 7.20. The van der Waals surface area contributed by atoms with Crippen molar-refractivity contribution in [1.82, 2.24) is 4.98 Å². The van der Waals surface area contributed by atoms with Gasteiger partial charge in [0, 0.05) is 28.4 Å². The van der Waals surface area contributed by atoms with E-state index in [4.69, 9.17) is 16.6 Å². The second-order valence-corrected chi connectivity index (χ2v) is 12.2. The molecule has 5 aromatic rings. The molecule has 0 aliphatic rings. The van der Waals surface area contributed by atoms with Crippen LogP contribution in [0.15, 0.2) is 108 Å². The number of benzene rings is 4. The molecule has 4 aromatic carbocycles. The van der Waals surface area contributed by atoms with Gasteiger partial charge in [-0.05, 0) is 93.9 Å². The van der Waals surface area contributed by atoms with Crippen LogP contribution in [0.25, 0.3) is 33.7 Å². The van der Waals surface area contributed by atoms with Crippen LogP contribution in [0.2, 0.25) is 5.02 Å². The molecule has 38 heavy (non-hydrogen) atoms. The zero-order valence-corrected chi connectivity index (χ0v) is 23.1. The van der Waals surface area contributed by atoms with Crippen molar-refractivity contribution in [3.05, 3.63) is 131 Å². The molecule has 0 bridgehead atoms. The Morgan fingerprint density at radius 2 is 1.53 bits per heavy atom. The van der Waals surface area contributed by atoms with Crippen LogP contribution in [0.4, 0.5) is 0 Å². The fraction of sp³-hybridized carbons (Fsp3) is 0.121. The molecule has 0 fully saturated rings. The van der Waals surface area contributed by atoms with Gasteiger partial charge in [0.2, 0.25) is 0 Å². The van der Waals surface area contributed by atoms with Crippen LogP contribution in [0, 0.1) is 0 Å². The second-order valence-electron chi connectivity index (χ2n) is 9.79. The van der Waals surface area contributed by atoms with E-state index in [1.54, 1.807) is 12.1 Å². The number of sulfone groups is 1. The predicted octanol–water partition coefficient (Wildman–Crippen LogP) is 8.67. The lowest BCUT2D eigenvalue weighted by Gasteiger charge is -2.13. The standard InChI is InChI=1S/C33H28ClNO2S/c1-22(2)28-20-27-8-5-17-35-33(27)32(21-28)26-7-4-6-23(18-26)19-31(24-9-13-29(34)14-10-24)25-11-15-30(16-12-25)38(3,36)37/h4-22H,1-3H3/b31-19-. The Morgan fingerprint density at radius 3 is 2.18 bits per heavy atom. The van der Waals surface area contributed by atoms with E-state index >= 15 is 0 Å². The third kappa shape index (κ3) is 5.57. The van der Waals surface area contributed by atoms with Crippen molar-refractivity contribution in [2.75, 3.05) is 6.26 Å². The average molecular weight is 538 g/mol. The van der Waals surface area contributed by atoms with Gasteiger partial charge in [0.1, 0.15) is 0 Å². The molecule has 0 saturated carbocycles. The number of hydrogen-bond acceptors (Lipinski definition) is 3. The van der Waals surface area contributed by atoms with Gasteiger partial charge in [-0.3, -0.25) is 4.98 Å². The highest BCUT2D eigenvalue weighted by Crippen LogP contribution is 2.33. The normalized spacial score (nSPS) is 12.3. The van der Waals surface area contributed by atoms with Gasteiger partial charge < -0.3 is 0 Å². The van der Waals surface area contributed by atoms with Gasteiger partial charge in [-0.2, -0.15) is 0 Å². The van der Waals surface area contributed by atoms with Crippen LogP contribution in [-0.2, 0) is 9.84 Å². The number of hydrogen-bond donors (Lipinski definition) is 0. The Balaban J connectivity index is 1.66. The smallest absolute Gasteiger partial charge is 0.175 e. The van der Waals surface area contributed by atoms with Crippen molar-refractivity contribution in [3.8, 4) is 11.1 Å². The monoisotopic (exact) mass is 537 g/mol. The summed E-state index contributed by atoms with van der Waals surface area (Å²) in [5, 5.41) is 1.79. The summed E-state index contributed by atoms with van der Waals surface area (Å²) in [6.45, 7) is 4.40. The lowest BCUT2D eigenvalue weighted by molar-refractivity contribution is 0.602. The van der Waals surface area contributed by atoms with Crippen molar-refractivity contribution in [3.63, 3.8) is 0 Å². The van der Waals surface area contributed by atoms with Gasteiger partial charge in [-0.15, -0.1) is 0 Å². The molecule has 5 heteroatoms. The number of rotatable bonds is 6. The fourth-order valence-corrected chi connectivity index (χ4v) is 5.33. The molecule has 5 rings (SSSR count). The van der Waals surface area contributed by atoms with E-state index in [2.05, 4.69) is 62.4 Å². The molecular weight excluding hydrogens is 510 g/mol. The van der Waals surface area contributed by atoms with Crippen LogP contribution in [0.1, 0.15) is 42.0 Å². The third-order valence-corrected chi connectivity index (χ3v) is 8.03. The van der Waals surface area contributed by atoms with E-state index in [-0.39, 0.29) is 0 Å². The van der Waals surface area contributed by atoms with Crippen molar-refractivity contribution >= 4 is 44.0 Å². The highest BCUT2D eigenvalue weighted by Gasteiger charge is 2.12. The van der Waals surface area contributed by atoms with E-state index in [1.165, 1.54) is 11.8 Å². The second kappa shape index (κ2) is 10.6. The van der Waals surface area contributed by atoms with Gasteiger partial charge in [0.05, 0.1) is 10.4 Å². The summed E-state index contributed by atoms with van der Waals surface area (Å²) in [5.41, 5.74) is 8.35. The topological polar surface area (TPSA) is 47.0 Å². The first kappa shape index (κ1) is 25.9. The minimum atomic E-state index is -3.28. The summed E-state index contributed by atoms with van der Waals surface area (Å²) in [4.78, 5) is 5.00. The Bertz CT molecular complexity index is 1750. The Labute approximate surface area is 229 Å². The zero-order chi connectivity index (χ0) is 26.9. The van der Waals surface area contributed by atoms with Crippen molar-refractivity contribution < 1.29 is 8.42 Å². The molecule has 190 valence electrons. The molecule has 0 aliphatic heterocycles. The summed E-state index contributed by atoms with van der Waals surface area (Å²) >= 11 is 6.17. The first-order chi connectivity index (χ1) is 18.2. The number of fused-ring (bicyclic) bond motifs is 1. The lowest BCUT2D eigenvalue weighted by Crippen LogP contribution is -1.97. The summed E-state index contributed by atoms with van der Waals surface area (Å²) < 4.78 is 24.0. The van der Waals surface area contributed by atoms with E-state index in [9.17, 15) is 8.42 Å². The molecule has 0 N–H and O–H groups in total. The number of halogens is 1. The molecule has 1 heterocycles. The maximum atomic E-state index is 12.0. The van der Waals surface area contributed by atoms with Crippen LogP contribution in [0.3, 0.4) is 0 Å². The predicted molar refractivity (Wildman–Crippen MR) is 159 cm³/mol. The van der Waals surface area contributed by atoms with Crippen LogP contribution < -0.4 is 0 Å². The first-order valence-corrected chi connectivity index (χ1v) is 14.7. The van der Waals surface area contributed by atoms with E-state index in [0.717, 1.165) is 44.3 Å².